The maximum absolute atomic E-state index is 12.4. The Labute approximate surface area is 169 Å². The molecule has 5 nitrogen and oxygen atoms in total. The van der Waals surface area contributed by atoms with E-state index in [1.165, 1.54) is 0 Å². The summed E-state index contributed by atoms with van der Waals surface area (Å²) in [7, 11) is 0. The lowest BCUT2D eigenvalue weighted by Crippen LogP contribution is -2.20. The SMILES string of the molecule is Cc1cc(C)cc(OCC(=O)Nc2cc(-c3nc4ccccc4[nH]3)ccc2C)c1. The fourth-order valence-corrected chi connectivity index (χ4v) is 3.34. The third-order valence-corrected chi connectivity index (χ3v) is 4.74. The lowest BCUT2D eigenvalue weighted by molar-refractivity contribution is -0.118. The topological polar surface area (TPSA) is 67.0 Å². The maximum Gasteiger partial charge on any atom is 0.262 e. The Balaban J connectivity index is 1.49. The number of fused-ring (bicyclic) bond motifs is 1. The molecule has 0 fully saturated rings. The van der Waals surface area contributed by atoms with Crippen LogP contribution >= 0.6 is 0 Å². The third-order valence-electron chi connectivity index (χ3n) is 4.74. The highest BCUT2D eigenvalue weighted by molar-refractivity contribution is 5.93. The largest absolute Gasteiger partial charge is 0.484 e. The zero-order valence-electron chi connectivity index (χ0n) is 16.7. The summed E-state index contributed by atoms with van der Waals surface area (Å²) in [5.41, 5.74) is 6.74. The van der Waals surface area contributed by atoms with Crippen molar-refractivity contribution < 1.29 is 9.53 Å². The lowest BCUT2D eigenvalue weighted by atomic mass is 10.1. The van der Waals surface area contributed by atoms with Crippen LogP contribution in [0, 0.1) is 20.8 Å². The molecule has 0 saturated heterocycles. The van der Waals surface area contributed by atoms with Gasteiger partial charge in [0.25, 0.3) is 5.91 Å². The number of imidazole rings is 1. The summed E-state index contributed by atoms with van der Waals surface area (Å²) >= 11 is 0. The standard InChI is InChI=1S/C24H23N3O2/c1-15-10-16(2)12-19(11-15)29-14-23(28)25-22-13-18(9-8-17(22)3)24-26-20-6-4-5-7-21(20)27-24/h4-13H,14H2,1-3H3,(H,25,28)(H,26,27). The molecule has 2 N–H and O–H groups in total. The number of aromatic amines is 1. The van der Waals surface area contributed by atoms with Gasteiger partial charge in [0.1, 0.15) is 11.6 Å². The maximum atomic E-state index is 12.4. The number of hydrogen-bond acceptors (Lipinski definition) is 3. The van der Waals surface area contributed by atoms with Crippen molar-refractivity contribution in [2.45, 2.75) is 20.8 Å². The van der Waals surface area contributed by atoms with E-state index >= 15 is 0 Å². The van der Waals surface area contributed by atoms with Gasteiger partial charge in [0.05, 0.1) is 11.0 Å². The van der Waals surface area contributed by atoms with Crippen LogP contribution in [0.1, 0.15) is 16.7 Å². The van der Waals surface area contributed by atoms with E-state index in [-0.39, 0.29) is 12.5 Å². The Bertz CT molecular complexity index is 1140. The normalized spacial score (nSPS) is 10.9. The average Bonchev–Trinajstić information content (AvgIpc) is 3.11. The van der Waals surface area contributed by atoms with E-state index in [9.17, 15) is 4.79 Å². The average molecular weight is 385 g/mol. The molecule has 0 saturated carbocycles. The number of benzene rings is 3. The Hall–Kier alpha value is -3.60. The van der Waals surface area contributed by atoms with Gasteiger partial charge in [0, 0.05) is 11.3 Å². The first kappa shape index (κ1) is 18.7. The Kier molecular flexibility index (Phi) is 5.04. The molecule has 0 aliphatic heterocycles. The Morgan fingerprint density at radius 1 is 1.00 bits per heavy atom. The van der Waals surface area contributed by atoms with Gasteiger partial charge in [0.2, 0.25) is 0 Å². The van der Waals surface area contributed by atoms with E-state index in [0.717, 1.165) is 44.8 Å². The first-order valence-corrected chi connectivity index (χ1v) is 9.55. The zero-order valence-corrected chi connectivity index (χ0v) is 16.7. The summed E-state index contributed by atoms with van der Waals surface area (Å²) in [5, 5.41) is 2.95. The predicted molar refractivity (Wildman–Crippen MR) is 116 cm³/mol. The van der Waals surface area contributed by atoms with Crippen molar-refractivity contribution in [1.82, 2.24) is 9.97 Å². The van der Waals surface area contributed by atoms with Gasteiger partial charge in [-0.1, -0.05) is 30.3 Å². The van der Waals surface area contributed by atoms with E-state index < -0.39 is 0 Å². The summed E-state index contributed by atoms with van der Waals surface area (Å²) in [6.45, 7) is 5.93. The van der Waals surface area contributed by atoms with Crippen molar-refractivity contribution in [3.8, 4) is 17.1 Å². The minimum Gasteiger partial charge on any atom is -0.484 e. The van der Waals surface area contributed by atoms with Crippen molar-refractivity contribution in [2.75, 3.05) is 11.9 Å². The number of hydrogen-bond donors (Lipinski definition) is 2. The molecule has 1 amide bonds. The fraction of sp³-hybridized carbons (Fsp3) is 0.167. The first-order valence-electron chi connectivity index (χ1n) is 9.55. The van der Waals surface area contributed by atoms with Crippen LogP contribution in [0.3, 0.4) is 0 Å². The number of amides is 1. The summed E-state index contributed by atoms with van der Waals surface area (Å²) < 4.78 is 5.67. The number of carbonyl (C=O) groups is 1. The van der Waals surface area contributed by atoms with Gasteiger partial charge in [-0.3, -0.25) is 4.79 Å². The van der Waals surface area contributed by atoms with Crippen LogP contribution < -0.4 is 10.1 Å². The molecule has 0 aliphatic rings. The number of nitrogens with one attached hydrogen (secondary N) is 2. The van der Waals surface area contributed by atoms with Crippen molar-refractivity contribution in [2.24, 2.45) is 0 Å². The number of carbonyl (C=O) groups excluding carboxylic acids is 1. The highest BCUT2D eigenvalue weighted by Crippen LogP contribution is 2.25. The fourth-order valence-electron chi connectivity index (χ4n) is 3.34. The molecule has 0 aliphatic carbocycles. The number of nitrogens with zero attached hydrogens (tertiary/aromatic N) is 1. The monoisotopic (exact) mass is 385 g/mol. The van der Waals surface area contributed by atoms with Crippen molar-refractivity contribution >= 4 is 22.6 Å². The molecule has 5 heteroatoms. The summed E-state index contributed by atoms with van der Waals surface area (Å²) in [6, 6.07) is 19.7. The highest BCUT2D eigenvalue weighted by Gasteiger charge is 2.10. The Morgan fingerprint density at radius 3 is 2.52 bits per heavy atom. The number of ether oxygens (including phenoxy) is 1. The molecule has 29 heavy (non-hydrogen) atoms. The molecular formula is C24H23N3O2. The van der Waals surface area contributed by atoms with Crippen LogP contribution in [-0.4, -0.2) is 22.5 Å². The summed E-state index contributed by atoms with van der Waals surface area (Å²) in [5.74, 6) is 1.27. The van der Waals surface area contributed by atoms with Crippen LogP contribution in [0.25, 0.3) is 22.4 Å². The van der Waals surface area contributed by atoms with E-state index in [4.69, 9.17) is 4.74 Å². The molecule has 0 unspecified atom stereocenters. The van der Waals surface area contributed by atoms with Crippen LogP contribution in [0.5, 0.6) is 5.75 Å². The van der Waals surface area contributed by atoms with Gasteiger partial charge in [0.15, 0.2) is 6.61 Å². The number of aromatic nitrogens is 2. The second-order valence-electron chi connectivity index (χ2n) is 7.29. The minimum atomic E-state index is -0.200. The second-order valence-corrected chi connectivity index (χ2v) is 7.29. The molecule has 0 radical (unpaired) electrons. The molecule has 4 rings (SSSR count). The number of H-pyrrole nitrogens is 1. The molecular weight excluding hydrogens is 362 g/mol. The van der Waals surface area contributed by atoms with Gasteiger partial charge >= 0.3 is 0 Å². The third kappa shape index (κ3) is 4.29. The van der Waals surface area contributed by atoms with Crippen LogP contribution in [0.15, 0.2) is 60.7 Å². The van der Waals surface area contributed by atoms with E-state index in [2.05, 4.69) is 21.4 Å². The lowest BCUT2D eigenvalue weighted by Gasteiger charge is -2.11. The van der Waals surface area contributed by atoms with Gasteiger partial charge in [-0.05, 0) is 67.8 Å². The predicted octanol–water partition coefficient (Wildman–Crippen LogP) is 5.17. The first-order chi connectivity index (χ1) is 14.0. The van der Waals surface area contributed by atoms with E-state index in [1.807, 2.05) is 75.4 Å². The van der Waals surface area contributed by atoms with Crippen LogP contribution in [0.2, 0.25) is 0 Å². The molecule has 1 heterocycles. The van der Waals surface area contributed by atoms with E-state index in [0.29, 0.717) is 5.75 Å². The number of para-hydroxylation sites is 2. The molecule has 146 valence electrons. The van der Waals surface area contributed by atoms with Gasteiger partial charge in [-0.15, -0.1) is 0 Å². The van der Waals surface area contributed by atoms with Gasteiger partial charge < -0.3 is 15.0 Å². The molecule has 0 atom stereocenters. The summed E-state index contributed by atoms with van der Waals surface area (Å²) in [6.07, 6.45) is 0. The molecule has 1 aromatic heterocycles. The van der Waals surface area contributed by atoms with Crippen molar-refractivity contribution in [3.05, 3.63) is 77.4 Å². The van der Waals surface area contributed by atoms with Crippen molar-refractivity contribution in [1.29, 1.82) is 0 Å². The van der Waals surface area contributed by atoms with Crippen molar-refractivity contribution in [3.63, 3.8) is 0 Å². The van der Waals surface area contributed by atoms with Crippen LogP contribution in [-0.2, 0) is 4.79 Å². The quantitative estimate of drug-likeness (QED) is 0.498. The Morgan fingerprint density at radius 2 is 1.76 bits per heavy atom. The van der Waals surface area contributed by atoms with Crippen LogP contribution in [0.4, 0.5) is 5.69 Å². The molecule has 0 bridgehead atoms. The van der Waals surface area contributed by atoms with Gasteiger partial charge in [-0.25, -0.2) is 4.98 Å². The number of rotatable bonds is 5. The highest BCUT2D eigenvalue weighted by atomic mass is 16.5. The summed E-state index contributed by atoms with van der Waals surface area (Å²) in [4.78, 5) is 20.4. The number of aryl methyl sites for hydroxylation is 3. The molecule has 4 aromatic rings. The molecule has 0 spiro atoms. The zero-order chi connectivity index (χ0) is 20.4. The minimum absolute atomic E-state index is 0.0444. The van der Waals surface area contributed by atoms with Gasteiger partial charge in [-0.2, -0.15) is 0 Å². The van der Waals surface area contributed by atoms with E-state index in [1.54, 1.807) is 0 Å². The second kappa shape index (κ2) is 7.80. The molecule has 3 aromatic carbocycles. The smallest absolute Gasteiger partial charge is 0.262 e. The number of anilines is 1.